The SMILES string of the molecule is CN(C)C=Nc1nnc(SCc2ccc(Cl)cc2)s1. The Morgan fingerprint density at radius 1 is 1.32 bits per heavy atom. The predicted molar refractivity (Wildman–Crippen MR) is 82.8 cm³/mol. The van der Waals surface area contributed by atoms with Crippen molar-refractivity contribution in [3.05, 3.63) is 34.9 Å². The highest BCUT2D eigenvalue weighted by molar-refractivity contribution is 8.00. The van der Waals surface area contributed by atoms with Crippen LogP contribution in [0.2, 0.25) is 5.02 Å². The molecular formula is C12H13ClN4S2. The van der Waals surface area contributed by atoms with E-state index in [4.69, 9.17) is 11.6 Å². The van der Waals surface area contributed by atoms with Crippen LogP contribution >= 0.6 is 34.7 Å². The fourth-order valence-electron chi connectivity index (χ4n) is 1.20. The molecule has 0 aliphatic rings. The maximum Gasteiger partial charge on any atom is 0.233 e. The van der Waals surface area contributed by atoms with Gasteiger partial charge in [-0.2, -0.15) is 0 Å². The molecule has 0 radical (unpaired) electrons. The summed E-state index contributed by atoms with van der Waals surface area (Å²) in [6.07, 6.45) is 1.72. The molecule has 0 saturated heterocycles. The summed E-state index contributed by atoms with van der Waals surface area (Å²) in [7, 11) is 3.83. The van der Waals surface area contributed by atoms with Crippen LogP contribution in [0.15, 0.2) is 33.6 Å². The zero-order chi connectivity index (χ0) is 13.7. The summed E-state index contributed by atoms with van der Waals surface area (Å²) in [6, 6.07) is 7.82. The number of rotatable bonds is 5. The van der Waals surface area contributed by atoms with Gasteiger partial charge in [0.2, 0.25) is 5.13 Å². The van der Waals surface area contributed by atoms with Crippen LogP contribution in [0.3, 0.4) is 0 Å². The topological polar surface area (TPSA) is 41.4 Å². The summed E-state index contributed by atoms with van der Waals surface area (Å²) < 4.78 is 0.917. The predicted octanol–water partition coefficient (Wildman–Crippen LogP) is 3.71. The molecule has 1 aromatic carbocycles. The van der Waals surface area contributed by atoms with Crippen LogP contribution in [0.5, 0.6) is 0 Å². The highest BCUT2D eigenvalue weighted by atomic mass is 35.5. The van der Waals surface area contributed by atoms with Gasteiger partial charge in [0, 0.05) is 24.9 Å². The van der Waals surface area contributed by atoms with Gasteiger partial charge >= 0.3 is 0 Å². The molecule has 1 heterocycles. The van der Waals surface area contributed by atoms with Crippen molar-refractivity contribution in [2.75, 3.05) is 14.1 Å². The Balaban J connectivity index is 1.91. The van der Waals surface area contributed by atoms with Gasteiger partial charge in [-0.15, -0.1) is 10.2 Å². The van der Waals surface area contributed by atoms with Crippen molar-refractivity contribution in [1.82, 2.24) is 15.1 Å². The molecule has 100 valence electrons. The molecule has 0 saturated carbocycles. The normalized spacial score (nSPS) is 11.1. The lowest BCUT2D eigenvalue weighted by atomic mass is 10.2. The van der Waals surface area contributed by atoms with E-state index in [1.165, 1.54) is 16.9 Å². The van der Waals surface area contributed by atoms with Gasteiger partial charge in [0.25, 0.3) is 0 Å². The lowest BCUT2D eigenvalue weighted by Gasteiger charge is -1.99. The highest BCUT2D eigenvalue weighted by Gasteiger charge is 2.04. The second-order valence-corrected chi connectivity index (χ2v) is 6.59. The summed E-state index contributed by atoms with van der Waals surface area (Å²) in [5, 5.41) is 9.54. The Labute approximate surface area is 125 Å². The fourth-order valence-corrected chi connectivity index (χ4v) is 2.97. The minimum absolute atomic E-state index is 0.673. The van der Waals surface area contributed by atoms with Crippen LogP contribution in [0, 0.1) is 0 Å². The molecule has 0 atom stereocenters. The maximum atomic E-state index is 5.85. The lowest BCUT2D eigenvalue weighted by Crippen LogP contribution is -2.06. The average Bonchev–Trinajstić information content (AvgIpc) is 2.84. The van der Waals surface area contributed by atoms with Crippen molar-refractivity contribution in [3.8, 4) is 0 Å². The first-order valence-electron chi connectivity index (χ1n) is 5.55. The first kappa shape index (κ1) is 14.3. The fraction of sp³-hybridized carbons (Fsp3) is 0.250. The van der Waals surface area contributed by atoms with Crippen molar-refractivity contribution < 1.29 is 0 Å². The standard InChI is InChI=1S/C12H13ClN4S2/c1-17(2)8-14-11-15-16-12(19-11)18-7-9-3-5-10(13)6-4-9/h3-6,8H,7H2,1-2H3. The summed E-state index contributed by atoms with van der Waals surface area (Å²) >= 11 is 8.98. The number of thioether (sulfide) groups is 1. The Hall–Kier alpha value is -1.11. The molecule has 2 rings (SSSR count). The van der Waals surface area contributed by atoms with E-state index in [2.05, 4.69) is 15.2 Å². The van der Waals surface area contributed by atoms with E-state index in [1.54, 1.807) is 18.1 Å². The third kappa shape index (κ3) is 4.81. The molecule has 0 spiro atoms. The minimum Gasteiger partial charge on any atom is -0.369 e. The first-order chi connectivity index (χ1) is 9.13. The van der Waals surface area contributed by atoms with E-state index in [1.807, 2.05) is 43.3 Å². The second kappa shape index (κ2) is 6.88. The van der Waals surface area contributed by atoms with Crippen LogP contribution < -0.4 is 0 Å². The van der Waals surface area contributed by atoms with Crippen molar-refractivity contribution in [2.24, 2.45) is 4.99 Å². The second-order valence-electron chi connectivity index (χ2n) is 3.97. The number of hydrogen-bond acceptors (Lipinski definition) is 5. The van der Waals surface area contributed by atoms with Crippen molar-refractivity contribution >= 4 is 46.2 Å². The van der Waals surface area contributed by atoms with Gasteiger partial charge in [0.05, 0.1) is 6.34 Å². The molecule has 0 fully saturated rings. The summed E-state index contributed by atoms with van der Waals surface area (Å²) in [6.45, 7) is 0. The zero-order valence-corrected chi connectivity index (χ0v) is 13.0. The van der Waals surface area contributed by atoms with Crippen LogP contribution in [0.25, 0.3) is 0 Å². The lowest BCUT2D eigenvalue weighted by molar-refractivity contribution is 0.643. The van der Waals surface area contributed by atoms with Gasteiger partial charge in [-0.3, -0.25) is 0 Å². The van der Waals surface area contributed by atoms with Crippen LogP contribution in [0.4, 0.5) is 5.13 Å². The maximum absolute atomic E-state index is 5.85. The number of aliphatic imine (C=N–C) groups is 1. The third-order valence-corrected chi connectivity index (χ3v) is 4.36. The van der Waals surface area contributed by atoms with Gasteiger partial charge in [0.15, 0.2) is 4.34 Å². The van der Waals surface area contributed by atoms with Gasteiger partial charge in [0.1, 0.15) is 0 Å². The van der Waals surface area contributed by atoms with E-state index >= 15 is 0 Å². The van der Waals surface area contributed by atoms with E-state index in [9.17, 15) is 0 Å². The van der Waals surface area contributed by atoms with Crippen molar-refractivity contribution in [2.45, 2.75) is 10.1 Å². The van der Waals surface area contributed by atoms with E-state index in [-0.39, 0.29) is 0 Å². The van der Waals surface area contributed by atoms with Gasteiger partial charge in [-0.1, -0.05) is 46.8 Å². The largest absolute Gasteiger partial charge is 0.369 e. The highest BCUT2D eigenvalue weighted by Crippen LogP contribution is 2.29. The molecule has 0 bridgehead atoms. The van der Waals surface area contributed by atoms with Crippen LogP contribution in [-0.4, -0.2) is 35.5 Å². The molecule has 0 amide bonds. The number of hydrogen-bond donors (Lipinski definition) is 0. The summed E-state index contributed by atoms with van der Waals surface area (Å²) in [5.74, 6) is 0.850. The van der Waals surface area contributed by atoms with Crippen molar-refractivity contribution in [3.63, 3.8) is 0 Å². The zero-order valence-electron chi connectivity index (χ0n) is 10.6. The first-order valence-corrected chi connectivity index (χ1v) is 7.73. The molecular weight excluding hydrogens is 300 g/mol. The molecule has 0 aliphatic heterocycles. The Bertz CT molecular complexity index is 551. The number of aromatic nitrogens is 2. The summed E-state index contributed by atoms with van der Waals surface area (Å²) in [5.41, 5.74) is 1.21. The molecule has 0 N–H and O–H groups in total. The minimum atomic E-state index is 0.673. The van der Waals surface area contributed by atoms with E-state index in [0.717, 1.165) is 15.1 Å². The Morgan fingerprint density at radius 2 is 2.05 bits per heavy atom. The quantitative estimate of drug-likeness (QED) is 0.479. The van der Waals surface area contributed by atoms with Gasteiger partial charge in [-0.25, -0.2) is 4.99 Å². The number of halogens is 1. The monoisotopic (exact) mass is 312 g/mol. The number of nitrogens with zero attached hydrogens (tertiary/aromatic N) is 4. The molecule has 2 aromatic rings. The van der Waals surface area contributed by atoms with Gasteiger partial charge in [-0.05, 0) is 17.7 Å². The summed E-state index contributed by atoms with van der Waals surface area (Å²) in [4.78, 5) is 6.07. The van der Waals surface area contributed by atoms with E-state index in [0.29, 0.717) is 5.13 Å². The molecule has 0 unspecified atom stereocenters. The molecule has 4 nitrogen and oxygen atoms in total. The Kier molecular flexibility index (Phi) is 5.18. The van der Waals surface area contributed by atoms with Crippen molar-refractivity contribution in [1.29, 1.82) is 0 Å². The average molecular weight is 313 g/mol. The smallest absolute Gasteiger partial charge is 0.233 e. The molecule has 7 heteroatoms. The molecule has 0 aliphatic carbocycles. The number of benzene rings is 1. The van der Waals surface area contributed by atoms with Crippen LogP contribution in [-0.2, 0) is 5.75 Å². The van der Waals surface area contributed by atoms with E-state index < -0.39 is 0 Å². The molecule has 19 heavy (non-hydrogen) atoms. The third-order valence-electron chi connectivity index (χ3n) is 2.07. The molecule has 1 aromatic heterocycles. The van der Waals surface area contributed by atoms with Crippen LogP contribution in [0.1, 0.15) is 5.56 Å². The van der Waals surface area contributed by atoms with Gasteiger partial charge < -0.3 is 4.90 Å². The Morgan fingerprint density at radius 3 is 2.74 bits per heavy atom.